The average molecular weight is 243 g/mol. The van der Waals surface area contributed by atoms with Gasteiger partial charge in [0.05, 0.1) is 19.3 Å². The number of carbonyl (C=O) groups excluding carboxylic acids is 1. The molecule has 0 bridgehead atoms. The molecule has 4 heteroatoms. The first-order valence-electron chi connectivity index (χ1n) is 6.75. The molecule has 0 aliphatic carbocycles. The topological polar surface area (TPSA) is 38.8 Å². The van der Waals surface area contributed by atoms with Gasteiger partial charge in [-0.3, -0.25) is 4.79 Å². The van der Waals surface area contributed by atoms with E-state index in [4.69, 9.17) is 9.47 Å². The van der Waals surface area contributed by atoms with Gasteiger partial charge in [0.2, 0.25) is 5.91 Å². The van der Waals surface area contributed by atoms with Gasteiger partial charge in [0.15, 0.2) is 0 Å². The van der Waals surface area contributed by atoms with E-state index in [2.05, 4.69) is 0 Å². The van der Waals surface area contributed by atoms with Crippen molar-refractivity contribution >= 4 is 5.91 Å². The molecule has 1 aliphatic heterocycles. The fraction of sp³-hybridized carbons (Fsp3) is 0.923. The Morgan fingerprint density at radius 1 is 1.24 bits per heavy atom. The summed E-state index contributed by atoms with van der Waals surface area (Å²) in [6.45, 7) is 7.80. The van der Waals surface area contributed by atoms with Crippen LogP contribution in [0.2, 0.25) is 0 Å². The van der Waals surface area contributed by atoms with Gasteiger partial charge in [-0.05, 0) is 26.2 Å². The third-order valence-electron chi connectivity index (χ3n) is 3.04. The summed E-state index contributed by atoms with van der Waals surface area (Å²) in [5.74, 6) is 0.292. The van der Waals surface area contributed by atoms with Gasteiger partial charge >= 0.3 is 0 Å². The number of hydrogen-bond donors (Lipinski definition) is 0. The molecule has 1 fully saturated rings. The number of hydrogen-bond acceptors (Lipinski definition) is 3. The molecular weight excluding hydrogens is 218 g/mol. The summed E-state index contributed by atoms with van der Waals surface area (Å²) >= 11 is 0. The van der Waals surface area contributed by atoms with Gasteiger partial charge in [-0.15, -0.1) is 0 Å². The van der Waals surface area contributed by atoms with Gasteiger partial charge in [0, 0.05) is 26.1 Å². The van der Waals surface area contributed by atoms with Crippen molar-refractivity contribution < 1.29 is 14.3 Å². The van der Waals surface area contributed by atoms with E-state index in [0.29, 0.717) is 31.6 Å². The minimum absolute atomic E-state index is 0.292. The molecule has 0 spiro atoms. The zero-order chi connectivity index (χ0) is 12.5. The van der Waals surface area contributed by atoms with Crippen LogP contribution in [0, 0.1) is 0 Å². The van der Waals surface area contributed by atoms with Crippen LogP contribution in [-0.2, 0) is 14.3 Å². The standard InChI is InChI=1S/C13H25NO3/c1-3-5-13(15)14-8-6-12(7-9-14)17-11-10-16-4-2/h12H,3-11H2,1-2H3. The fourth-order valence-corrected chi connectivity index (χ4v) is 2.06. The van der Waals surface area contributed by atoms with E-state index in [1.807, 2.05) is 18.7 Å². The summed E-state index contributed by atoms with van der Waals surface area (Å²) in [6.07, 6.45) is 3.84. The second kappa shape index (κ2) is 8.48. The van der Waals surface area contributed by atoms with Gasteiger partial charge in [0.25, 0.3) is 0 Å². The highest BCUT2D eigenvalue weighted by atomic mass is 16.5. The lowest BCUT2D eigenvalue weighted by Crippen LogP contribution is -2.41. The lowest BCUT2D eigenvalue weighted by Gasteiger charge is -2.32. The molecule has 0 atom stereocenters. The Kier molecular flexibility index (Phi) is 7.21. The lowest BCUT2D eigenvalue weighted by atomic mass is 10.1. The third kappa shape index (κ3) is 5.50. The number of ether oxygens (including phenoxy) is 2. The minimum atomic E-state index is 0.292. The van der Waals surface area contributed by atoms with E-state index in [9.17, 15) is 4.79 Å². The average Bonchev–Trinajstić information content (AvgIpc) is 2.36. The van der Waals surface area contributed by atoms with Crippen molar-refractivity contribution in [3.8, 4) is 0 Å². The Morgan fingerprint density at radius 3 is 2.53 bits per heavy atom. The number of carbonyl (C=O) groups is 1. The van der Waals surface area contributed by atoms with E-state index in [1.54, 1.807) is 0 Å². The van der Waals surface area contributed by atoms with Crippen molar-refractivity contribution in [3.05, 3.63) is 0 Å². The summed E-state index contributed by atoms with van der Waals surface area (Å²) in [5, 5.41) is 0. The Labute approximate surface area is 104 Å². The molecule has 100 valence electrons. The first kappa shape index (κ1) is 14.5. The smallest absolute Gasteiger partial charge is 0.222 e. The molecule has 0 aromatic rings. The summed E-state index contributed by atoms with van der Waals surface area (Å²) in [4.78, 5) is 13.6. The van der Waals surface area contributed by atoms with Gasteiger partial charge in [-0.2, -0.15) is 0 Å². The van der Waals surface area contributed by atoms with Crippen molar-refractivity contribution in [2.75, 3.05) is 32.9 Å². The quantitative estimate of drug-likeness (QED) is 0.640. The largest absolute Gasteiger partial charge is 0.379 e. The van der Waals surface area contributed by atoms with Crippen molar-refractivity contribution in [2.45, 2.75) is 45.6 Å². The molecule has 17 heavy (non-hydrogen) atoms. The van der Waals surface area contributed by atoms with E-state index >= 15 is 0 Å². The van der Waals surface area contributed by atoms with Crippen LogP contribution in [0.1, 0.15) is 39.5 Å². The third-order valence-corrected chi connectivity index (χ3v) is 3.04. The van der Waals surface area contributed by atoms with Crippen LogP contribution in [0.5, 0.6) is 0 Å². The van der Waals surface area contributed by atoms with E-state index < -0.39 is 0 Å². The van der Waals surface area contributed by atoms with Crippen LogP contribution in [-0.4, -0.2) is 49.8 Å². The van der Waals surface area contributed by atoms with Gasteiger partial charge in [-0.1, -0.05) is 6.92 Å². The highest BCUT2D eigenvalue weighted by Gasteiger charge is 2.22. The Bertz CT molecular complexity index is 213. The fourth-order valence-electron chi connectivity index (χ4n) is 2.06. The number of likely N-dealkylation sites (tertiary alicyclic amines) is 1. The van der Waals surface area contributed by atoms with Crippen LogP contribution in [0.25, 0.3) is 0 Å². The maximum atomic E-state index is 11.7. The SMILES string of the molecule is CCCC(=O)N1CCC(OCCOCC)CC1. The van der Waals surface area contributed by atoms with E-state index in [0.717, 1.165) is 39.0 Å². The zero-order valence-corrected chi connectivity index (χ0v) is 11.1. The Hall–Kier alpha value is -0.610. The zero-order valence-electron chi connectivity index (χ0n) is 11.1. The monoisotopic (exact) mass is 243 g/mol. The molecule has 0 unspecified atom stereocenters. The van der Waals surface area contributed by atoms with Crippen LogP contribution < -0.4 is 0 Å². The molecule has 1 saturated heterocycles. The summed E-state index contributed by atoms with van der Waals surface area (Å²) in [6, 6.07) is 0. The van der Waals surface area contributed by atoms with Crippen LogP contribution in [0.15, 0.2) is 0 Å². The molecule has 1 amide bonds. The molecule has 1 rings (SSSR count). The first-order chi connectivity index (χ1) is 8.27. The van der Waals surface area contributed by atoms with Crippen molar-refractivity contribution in [3.63, 3.8) is 0 Å². The van der Waals surface area contributed by atoms with Gasteiger partial charge in [0.1, 0.15) is 0 Å². The summed E-state index contributed by atoms with van der Waals surface area (Å²) < 4.78 is 10.9. The molecule has 0 N–H and O–H groups in total. The van der Waals surface area contributed by atoms with Crippen LogP contribution in [0.4, 0.5) is 0 Å². The molecular formula is C13H25NO3. The predicted molar refractivity (Wildman–Crippen MR) is 67.0 cm³/mol. The number of nitrogens with zero attached hydrogens (tertiary/aromatic N) is 1. The molecule has 1 heterocycles. The molecule has 0 saturated carbocycles. The molecule has 0 aromatic heterocycles. The van der Waals surface area contributed by atoms with Crippen molar-refractivity contribution in [2.24, 2.45) is 0 Å². The molecule has 1 aliphatic rings. The van der Waals surface area contributed by atoms with E-state index in [1.165, 1.54) is 0 Å². The number of rotatable bonds is 7. The van der Waals surface area contributed by atoms with Crippen LogP contribution >= 0.6 is 0 Å². The second-order valence-corrected chi connectivity index (χ2v) is 4.40. The normalized spacial score (nSPS) is 17.4. The Balaban J connectivity index is 2.11. The maximum Gasteiger partial charge on any atom is 0.222 e. The highest BCUT2D eigenvalue weighted by molar-refractivity contribution is 5.76. The van der Waals surface area contributed by atoms with Gasteiger partial charge < -0.3 is 14.4 Å². The van der Waals surface area contributed by atoms with Crippen molar-refractivity contribution in [1.29, 1.82) is 0 Å². The minimum Gasteiger partial charge on any atom is -0.379 e. The molecule has 4 nitrogen and oxygen atoms in total. The number of amides is 1. The van der Waals surface area contributed by atoms with Crippen molar-refractivity contribution in [1.82, 2.24) is 4.90 Å². The number of piperidine rings is 1. The lowest BCUT2D eigenvalue weighted by molar-refractivity contribution is -0.134. The summed E-state index contributed by atoms with van der Waals surface area (Å²) in [7, 11) is 0. The first-order valence-corrected chi connectivity index (χ1v) is 6.75. The van der Waals surface area contributed by atoms with Gasteiger partial charge in [-0.25, -0.2) is 0 Å². The second-order valence-electron chi connectivity index (χ2n) is 4.40. The van der Waals surface area contributed by atoms with Crippen LogP contribution in [0.3, 0.4) is 0 Å². The molecule has 0 aromatic carbocycles. The Morgan fingerprint density at radius 2 is 1.94 bits per heavy atom. The highest BCUT2D eigenvalue weighted by Crippen LogP contribution is 2.14. The summed E-state index contributed by atoms with van der Waals surface area (Å²) in [5.41, 5.74) is 0. The maximum absolute atomic E-state index is 11.7. The molecule has 0 radical (unpaired) electrons. The predicted octanol–water partition coefficient (Wildman–Crippen LogP) is 1.83. The van der Waals surface area contributed by atoms with E-state index in [-0.39, 0.29) is 0 Å².